The van der Waals surface area contributed by atoms with Crippen LogP contribution in [0.25, 0.3) is 21.9 Å². The molecule has 0 bridgehead atoms. The molecule has 25 heavy (non-hydrogen) atoms. The van der Waals surface area contributed by atoms with Gasteiger partial charge in [0.25, 0.3) is 0 Å². The SMILES string of the molecule is Cc1oc(-c2cccs2)nc1CC(=O)Nc1ccc2oc(=O)[nH]c2c1. The lowest BCUT2D eigenvalue weighted by molar-refractivity contribution is -0.115. The lowest BCUT2D eigenvalue weighted by Crippen LogP contribution is -2.15. The molecule has 0 radical (unpaired) electrons. The van der Waals surface area contributed by atoms with Crippen LogP contribution in [0.4, 0.5) is 5.69 Å². The molecule has 126 valence electrons. The summed E-state index contributed by atoms with van der Waals surface area (Å²) in [6, 6.07) is 8.77. The van der Waals surface area contributed by atoms with Crippen LogP contribution in [-0.2, 0) is 11.2 Å². The molecule has 2 N–H and O–H groups in total. The number of carbonyl (C=O) groups is 1. The van der Waals surface area contributed by atoms with Gasteiger partial charge >= 0.3 is 5.76 Å². The largest absolute Gasteiger partial charge is 0.440 e. The minimum absolute atomic E-state index is 0.0979. The van der Waals surface area contributed by atoms with Gasteiger partial charge in [-0.15, -0.1) is 11.3 Å². The average Bonchev–Trinajstić information content (AvgIpc) is 3.27. The highest BCUT2D eigenvalue weighted by Crippen LogP contribution is 2.26. The van der Waals surface area contributed by atoms with Crippen molar-refractivity contribution in [2.45, 2.75) is 13.3 Å². The number of aryl methyl sites for hydroxylation is 1. The number of amides is 1. The van der Waals surface area contributed by atoms with Crippen LogP contribution in [0.3, 0.4) is 0 Å². The number of rotatable bonds is 4. The molecule has 0 atom stereocenters. The molecular formula is C17H13N3O4S. The predicted molar refractivity (Wildman–Crippen MR) is 93.7 cm³/mol. The quantitative estimate of drug-likeness (QED) is 0.585. The molecule has 0 saturated heterocycles. The molecule has 3 heterocycles. The molecule has 0 spiro atoms. The van der Waals surface area contributed by atoms with Gasteiger partial charge in [0.2, 0.25) is 11.8 Å². The summed E-state index contributed by atoms with van der Waals surface area (Å²) in [7, 11) is 0. The van der Waals surface area contributed by atoms with Crippen LogP contribution in [0.15, 0.2) is 49.3 Å². The van der Waals surface area contributed by atoms with Gasteiger partial charge in [0, 0.05) is 5.69 Å². The van der Waals surface area contributed by atoms with Crippen LogP contribution >= 0.6 is 11.3 Å². The zero-order valence-corrected chi connectivity index (χ0v) is 14.0. The van der Waals surface area contributed by atoms with E-state index in [-0.39, 0.29) is 12.3 Å². The molecule has 4 aromatic rings. The summed E-state index contributed by atoms with van der Waals surface area (Å²) in [5, 5.41) is 4.72. The Hall–Kier alpha value is -3.13. The van der Waals surface area contributed by atoms with E-state index in [1.54, 1.807) is 25.1 Å². The van der Waals surface area contributed by atoms with Gasteiger partial charge in [-0.1, -0.05) is 6.07 Å². The summed E-state index contributed by atoms with van der Waals surface area (Å²) in [4.78, 5) is 31.3. The van der Waals surface area contributed by atoms with E-state index in [4.69, 9.17) is 8.83 Å². The van der Waals surface area contributed by atoms with Crippen LogP contribution in [0, 0.1) is 6.92 Å². The van der Waals surface area contributed by atoms with Crippen molar-refractivity contribution >= 4 is 34.0 Å². The van der Waals surface area contributed by atoms with Crippen LogP contribution in [0.5, 0.6) is 0 Å². The first kappa shape index (κ1) is 15.4. The number of benzene rings is 1. The van der Waals surface area contributed by atoms with E-state index in [1.165, 1.54) is 11.3 Å². The minimum Gasteiger partial charge on any atom is -0.440 e. The Morgan fingerprint density at radius 3 is 3.00 bits per heavy atom. The summed E-state index contributed by atoms with van der Waals surface area (Å²) in [5.74, 6) is 0.387. The first-order valence-corrected chi connectivity index (χ1v) is 8.39. The lowest BCUT2D eigenvalue weighted by Gasteiger charge is -2.03. The van der Waals surface area contributed by atoms with Crippen molar-refractivity contribution < 1.29 is 13.6 Å². The van der Waals surface area contributed by atoms with Gasteiger partial charge in [-0.25, -0.2) is 9.78 Å². The van der Waals surface area contributed by atoms with Crippen molar-refractivity contribution in [1.82, 2.24) is 9.97 Å². The molecule has 7 nitrogen and oxygen atoms in total. The van der Waals surface area contributed by atoms with Gasteiger partial charge in [-0.2, -0.15) is 0 Å². The van der Waals surface area contributed by atoms with E-state index in [1.807, 2.05) is 17.5 Å². The highest BCUT2D eigenvalue weighted by Gasteiger charge is 2.15. The Labute approximate surface area is 145 Å². The van der Waals surface area contributed by atoms with Crippen LogP contribution in [0.2, 0.25) is 0 Å². The fraction of sp³-hybridized carbons (Fsp3) is 0.118. The highest BCUT2D eigenvalue weighted by molar-refractivity contribution is 7.13. The molecule has 0 unspecified atom stereocenters. The van der Waals surface area contributed by atoms with Gasteiger partial charge in [0.1, 0.15) is 5.76 Å². The number of nitrogens with zero attached hydrogens (tertiary/aromatic N) is 1. The second kappa shape index (κ2) is 6.06. The molecule has 4 rings (SSSR count). The Bertz CT molecular complexity index is 1100. The summed E-state index contributed by atoms with van der Waals surface area (Å²) in [5.41, 5.74) is 2.13. The molecule has 0 saturated carbocycles. The Morgan fingerprint density at radius 2 is 2.20 bits per heavy atom. The molecule has 0 fully saturated rings. The number of hydrogen-bond acceptors (Lipinski definition) is 6. The molecule has 1 aromatic carbocycles. The van der Waals surface area contributed by atoms with E-state index >= 15 is 0 Å². The van der Waals surface area contributed by atoms with E-state index < -0.39 is 5.76 Å². The minimum atomic E-state index is -0.530. The van der Waals surface area contributed by atoms with Gasteiger partial charge in [0.05, 0.1) is 22.5 Å². The van der Waals surface area contributed by atoms with E-state index in [2.05, 4.69) is 15.3 Å². The zero-order chi connectivity index (χ0) is 17.4. The number of carbonyl (C=O) groups excluding carboxylic acids is 1. The average molecular weight is 355 g/mol. The number of aromatic amines is 1. The predicted octanol–water partition coefficient (Wildman–Crippen LogP) is 3.33. The summed E-state index contributed by atoms with van der Waals surface area (Å²) in [6.07, 6.45) is 0.0979. The molecule has 0 aliphatic heterocycles. The third-order valence-corrected chi connectivity index (χ3v) is 4.51. The number of fused-ring (bicyclic) bond motifs is 1. The number of oxazole rings is 2. The van der Waals surface area contributed by atoms with Gasteiger partial charge < -0.3 is 14.2 Å². The normalized spacial score (nSPS) is 11.1. The van der Waals surface area contributed by atoms with Gasteiger partial charge in [-0.3, -0.25) is 9.78 Å². The van der Waals surface area contributed by atoms with Crippen molar-refractivity contribution in [1.29, 1.82) is 0 Å². The number of anilines is 1. The van der Waals surface area contributed by atoms with E-state index in [9.17, 15) is 9.59 Å². The summed E-state index contributed by atoms with van der Waals surface area (Å²) in [6.45, 7) is 1.79. The van der Waals surface area contributed by atoms with Crippen molar-refractivity contribution in [3.8, 4) is 10.8 Å². The topological polar surface area (TPSA) is 101 Å². The highest BCUT2D eigenvalue weighted by atomic mass is 32.1. The standard InChI is InChI=1S/C17H13N3O4S/c1-9-11(19-16(23-9)14-3-2-6-25-14)8-15(21)18-10-4-5-13-12(7-10)20-17(22)24-13/h2-7H,8H2,1H3,(H,18,21)(H,20,22). The molecule has 0 aliphatic rings. The third kappa shape index (κ3) is 3.11. The maximum Gasteiger partial charge on any atom is 0.417 e. The van der Waals surface area contributed by atoms with E-state index in [0.717, 1.165) is 4.88 Å². The molecule has 3 aromatic heterocycles. The Balaban J connectivity index is 1.50. The number of hydrogen-bond donors (Lipinski definition) is 2. The van der Waals surface area contributed by atoms with Crippen LogP contribution in [0.1, 0.15) is 11.5 Å². The van der Waals surface area contributed by atoms with E-state index in [0.29, 0.717) is 34.1 Å². The Kier molecular flexibility index (Phi) is 3.73. The number of thiophene rings is 1. The summed E-state index contributed by atoms with van der Waals surface area (Å²) >= 11 is 1.53. The van der Waals surface area contributed by atoms with Gasteiger partial charge in [0.15, 0.2) is 5.58 Å². The summed E-state index contributed by atoms with van der Waals surface area (Å²) < 4.78 is 10.6. The zero-order valence-electron chi connectivity index (χ0n) is 13.2. The van der Waals surface area contributed by atoms with Crippen molar-refractivity contribution in [3.05, 3.63) is 57.7 Å². The second-order valence-electron chi connectivity index (χ2n) is 5.45. The molecule has 1 amide bonds. The number of aromatic nitrogens is 2. The molecule has 0 aliphatic carbocycles. The second-order valence-corrected chi connectivity index (χ2v) is 6.40. The third-order valence-electron chi connectivity index (χ3n) is 3.66. The maximum absolute atomic E-state index is 12.3. The Morgan fingerprint density at radius 1 is 1.32 bits per heavy atom. The number of H-pyrrole nitrogens is 1. The van der Waals surface area contributed by atoms with Crippen molar-refractivity contribution in [2.24, 2.45) is 0 Å². The molecule has 8 heteroatoms. The fourth-order valence-corrected chi connectivity index (χ4v) is 3.13. The first-order valence-electron chi connectivity index (χ1n) is 7.51. The van der Waals surface area contributed by atoms with Crippen molar-refractivity contribution in [3.63, 3.8) is 0 Å². The molecular weight excluding hydrogens is 342 g/mol. The van der Waals surface area contributed by atoms with Crippen molar-refractivity contribution in [2.75, 3.05) is 5.32 Å². The maximum atomic E-state index is 12.3. The monoisotopic (exact) mass is 355 g/mol. The van der Waals surface area contributed by atoms with Crippen LogP contribution in [-0.4, -0.2) is 15.9 Å². The van der Waals surface area contributed by atoms with Crippen LogP contribution < -0.4 is 11.1 Å². The fourth-order valence-electron chi connectivity index (χ4n) is 2.48. The number of nitrogens with one attached hydrogen (secondary N) is 2. The smallest absolute Gasteiger partial charge is 0.417 e. The van der Waals surface area contributed by atoms with Gasteiger partial charge in [-0.05, 0) is 36.6 Å². The lowest BCUT2D eigenvalue weighted by atomic mass is 10.2. The first-order chi connectivity index (χ1) is 12.1.